The smallest absolute Gasteiger partial charge is 0.0824 e. The number of pyridine rings is 1. The van der Waals surface area contributed by atoms with Crippen molar-refractivity contribution in [2.24, 2.45) is 5.73 Å². The first-order valence-corrected chi connectivity index (χ1v) is 6.28. The number of hydrogen-bond acceptors (Lipinski definition) is 4. The topological polar surface area (TPSA) is 51.4 Å². The third-order valence-electron chi connectivity index (χ3n) is 2.82. The number of nitrogens with zero attached hydrogens (tertiary/aromatic N) is 2. The normalized spacial score (nSPS) is 21.7. The molecule has 0 amide bonds. The number of aromatic nitrogens is 1. The lowest BCUT2D eigenvalue weighted by Gasteiger charge is -2.32. The molecule has 1 saturated heterocycles. The molecule has 6 heteroatoms. The summed E-state index contributed by atoms with van der Waals surface area (Å²) in [5.41, 5.74) is 6.52. The van der Waals surface area contributed by atoms with Crippen LogP contribution in [0.5, 0.6) is 0 Å². The molecule has 2 N–H and O–H groups in total. The lowest BCUT2D eigenvalue weighted by Crippen LogP contribution is -2.45. The van der Waals surface area contributed by atoms with Gasteiger partial charge in [-0.25, -0.2) is 0 Å². The Morgan fingerprint density at radius 1 is 1.41 bits per heavy atom. The van der Waals surface area contributed by atoms with Gasteiger partial charge in [-0.2, -0.15) is 0 Å². The second kappa shape index (κ2) is 5.98. The summed E-state index contributed by atoms with van der Waals surface area (Å²) in [5.74, 6) is 0. The van der Waals surface area contributed by atoms with Gasteiger partial charge in [-0.3, -0.25) is 9.88 Å². The molecule has 94 valence electrons. The SMILES string of the molecule is NCC1CN(Cc2c(Cl)cncc2Cl)CCO1. The van der Waals surface area contributed by atoms with Crippen molar-refractivity contribution in [3.63, 3.8) is 0 Å². The van der Waals surface area contributed by atoms with Gasteiger partial charge in [0.25, 0.3) is 0 Å². The van der Waals surface area contributed by atoms with Crippen LogP contribution in [0.3, 0.4) is 0 Å². The molecule has 0 aliphatic carbocycles. The third kappa shape index (κ3) is 3.30. The molecule has 1 fully saturated rings. The quantitative estimate of drug-likeness (QED) is 0.910. The average Bonchev–Trinajstić information content (AvgIpc) is 2.34. The maximum absolute atomic E-state index is 6.09. The van der Waals surface area contributed by atoms with Crippen molar-refractivity contribution >= 4 is 23.2 Å². The van der Waals surface area contributed by atoms with Crippen LogP contribution in [0.25, 0.3) is 0 Å². The van der Waals surface area contributed by atoms with Gasteiger partial charge in [-0.05, 0) is 0 Å². The first-order valence-electron chi connectivity index (χ1n) is 5.52. The summed E-state index contributed by atoms with van der Waals surface area (Å²) in [7, 11) is 0. The van der Waals surface area contributed by atoms with Crippen molar-refractivity contribution in [1.82, 2.24) is 9.88 Å². The fraction of sp³-hybridized carbons (Fsp3) is 0.545. The van der Waals surface area contributed by atoms with Gasteiger partial charge in [0.1, 0.15) is 0 Å². The summed E-state index contributed by atoms with van der Waals surface area (Å²) in [6, 6.07) is 0. The highest BCUT2D eigenvalue weighted by Crippen LogP contribution is 2.25. The van der Waals surface area contributed by atoms with Crippen LogP contribution in [0.2, 0.25) is 10.0 Å². The molecule has 1 aromatic rings. The summed E-state index contributed by atoms with van der Waals surface area (Å²) in [5, 5.41) is 1.21. The Morgan fingerprint density at radius 3 is 2.76 bits per heavy atom. The Labute approximate surface area is 111 Å². The van der Waals surface area contributed by atoms with E-state index in [4.69, 9.17) is 33.7 Å². The molecule has 1 unspecified atom stereocenters. The maximum atomic E-state index is 6.09. The van der Waals surface area contributed by atoms with E-state index in [0.717, 1.165) is 18.7 Å². The molecule has 0 radical (unpaired) electrons. The van der Waals surface area contributed by atoms with Crippen molar-refractivity contribution in [2.75, 3.05) is 26.2 Å². The van der Waals surface area contributed by atoms with Crippen LogP contribution in [0.15, 0.2) is 12.4 Å². The monoisotopic (exact) mass is 275 g/mol. The minimum absolute atomic E-state index is 0.100. The molecule has 1 aliphatic heterocycles. The third-order valence-corrected chi connectivity index (χ3v) is 3.47. The fourth-order valence-corrected chi connectivity index (χ4v) is 2.36. The van der Waals surface area contributed by atoms with E-state index in [9.17, 15) is 0 Å². The molecule has 4 nitrogen and oxygen atoms in total. The number of morpholine rings is 1. The molecule has 1 atom stereocenters. The fourth-order valence-electron chi connectivity index (χ4n) is 1.88. The van der Waals surface area contributed by atoms with E-state index in [1.165, 1.54) is 0 Å². The standard InChI is InChI=1S/C11H15Cl2N3O/c12-10-4-15-5-11(13)9(10)7-16-1-2-17-8(3-14)6-16/h4-5,8H,1-3,6-7,14H2. The van der Waals surface area contributed by atoms with Crippen LogP contribution in [-0.4, -0.2) is 42.2 Å². The second-order valence-electron chi connectivity index (χ2n) is 4.05. The second-order valence-corrected chi connectivity index (χ2v) is 4.86. The van der Waals surface area contributed by atoms with Crippen molar-refractivity contribution < 1.29 is 4.74 Å². The summed E-state index contributed by atoms with van der Waals surface area (Å²) < 4.78 is 5.51. The summed E-state index contributed by atoms with van der Waals surface area (Å²) in [6.07, 6.45) is 3.33. The van der Waals surface area contributed by atoms with Crippen LogP contribution in [0.4, 0.5) is 0 Å². The van der Waals surface area contributed by atoms with Crippen LogP contribution in [0, 0.1) is 0 Å². The highest BCUT2D eigenvalue weighted by atomic mass is 35.5. The predicted molar refractivity (Wildman–Crippen MR) is 68.3 cm³/mol. The Balaban J connectivity index is 2.05. The van der Waals surface area contributed by atoms with E-state index >= 15 is 0 Å². The minimum atomic E-state index is 0.100. The number of hydrogen-bond donors (Lipinski definition) is 1. The van der Waals surface area contributed by atoms with Gasteiger partial charge >= 0.3 is 0 Å². The molecular weight excluding hydrogens is 261 g/mol. The van der Waals surface area contributed by atoms with E-state index in [-0.39, 0.29) is 6.10 Å². The van der Waals surface area contributed by atoms with Crippen LogP contribution >= 0.6 is 23.2 Å². The van der Waals surface area contributed by atoms with Gasteiger partial charge in [0, 0.05) is 44.1 Å². The van der Waals surface area contributed by atoms with Crippen LogP contribution in [-0.2, 0) is 11.3 Å². The first kappa shape index (κ1) is 13.1. The van der Waals surface area contributed by atoms with Gasteiger partial charge in [0.05, 0.1) is 22.8 Å². The molecule has 0 aromatic carbocycles. The van der Waals surface area contributed by atoms with Crippen molar-refractivity contribution in [2.45, 2.75) is 12.6 Å². The largest absolute Gasteiger partial charge is 0.374 e. The van der Waals surface area contributed by atoms with Gasteiger partial charge in [0.15, 0.2) is 0 Å². The highest BCUT2D eigenvalue weighted by Gasteiger charge is 2.20. The molecule has 0 spiro atoms. The Kier molecular flexibility index (Phi) is 4.59. The van der Waals surface area contributed by atoms with E-state index < -0.39 is 0 Å². The predicted octanol–water partition coefficient (Wildman–Crippen LogP) is 1.55. The van der Waals surface area contributed by atoms with Crippen molar-refractivity contribution in [3.8, 4) is 0 Å². The average molecular weight is 276 g/mol. The lowest BCUT2D eigenvalue weighted by atomic mass is 10.2. The van der Waals surface area contributed by atoms with Gasteiger partial charge in [-0.1, -0.05) is 23.2 Å². The molecule has 2 heterocycles. The van der Waals surface area contributed by atoms with Gasteiger partial charge < -0.3 is 10.5 Å². The van der Waals surface area contributed by atoms with Crippen LogP contribution in [0.1, 0.15) is 5.56 Å². The lowest BCUT2D eigenvalue weighted by molar-refractivity contribution is -0.0260. The van der Waals surface area contributed by atoms with E-state index in [2.05, 4.69) is 9.88 Å². The maximum Gasteiger partial charge on any atom is 0.0824 e. The van der Waals surface area contributed by atoms with Crippen LogP contribution < -0.4 is 5.73 Å². The number of ether oxygens (including phenoxy) is 1. The van der Waals surface area contributed by atoms with E-state index in [1.807, 2.05) is 0 Å². The molecule has 0 saturated carbocycles. The van der Waals surface area contributed by atoms with Crippen molar-refractivity contribution in [1.29, 1.82) is 0 Å². The Hall–Kier alpha value is -0.390. The molecule has 1 aliphatic rings. The summed E-state index contributed by atoms with van der Waals surface area (Å²) in [4.78, 5) is 6.19. The molecular formula is C11H15Cl2N3O. The zero-order valence-electron chi connectivity index (χ0n) is 9.40. The zero-order valence-corrected chi connectivity index (χ0v) is 10.9. The van der Waals surface area contributed by atoms with Gasteiger partial charge in [-0.15, -0.1) is 0 Å². The van der Waals surface area contributed by atoms with E-state index in [0.29, 0.717) is 29.7 Å². The number of rotatable bonds is 3. The number of nitrogens with two attached hydrogens (primary N) is 1. The Morgan fingerprint density at radius 2 is 2.12 bits per heavy atom. The van der Waals surface area contributed by atoms with E-state index in [1.54, 1.807) is 12.4 Å². The molecule has 0 bridgehead atoms. The molecule has 17 heavy (non-hydrogen) atoms. The minimum Gasteiger partial charge on any atom is -0.374 e. The first-order chi connectivity index (χ1) is 8.20. The van der Waals surface area contributed by atoms with Gasteiger partial charge in [0.2, 0.25) is 0 Å². The Bertz CT molecular complexity index is 369. The zero-order chi connectivity index (χ0) is 12.3. The number of halogens is 2. The molecule has 1 aromatic heterocycles. The molecule has 2 rings (SSSR count). The summed E-state index contributed by atoms with van der Waals surface area (Å²) >= 11 is 12.2. The summed E-state index contributed by atoms with van der Waals surface area (Å²) in [6.45, 7) is 3.62. The highest BCUT2D eigenvalue weighted by molar-refractivity contribution is 6.35. The van der Waals surface area contributed by atoms with Crippen molar-refractivity contribution in [3.05, 3.63) is 28.0 Å².